The largest absolute Gasteiger partial charge is 0.485 e. The molecule has 0 aliphatic heterocycles. The molecule has 4 rings (SSSR count). The van der Waals surface area contributed by atoms with Gasteiger partial charge in [0.2, 0.25) is 5.91 Å². The molecule has 0 spiro atoms. The molecule has 0 fully saturated rings. The Kier molecular flexibility index (Phi) is 12.1. The average Bonchev–Trinajstić information content (AvgIpc) is 2.98. The zero-order chi connectivity index (χ0) is 28.2. The van der Waals surface area contributed by atoms with Gasteiger partial charge in [0.05, 0.1) is 13.0 Å². The highest BCUT2D eigenvalue weighted by molar-refractivity contribution is 8.93. The first-order chi connectivity index (χ1) is 19.4. The van der Waals surface area contributed by atoms with Crippen molar-refractivity contribution in [2.24, 2.45) is 0 Å². The minimum Gasteiger partial charge on any atom is -0.485 e. The lowest BCUT2D eigenvalue weighted by Crippen LogP contribution is -2.50. The topological polar surface area (TPSA) is 76.7 Å². The third-order valence-corrected chi connectivity index (χ3v) is 6.40. The maximum Gasteiger partial charge on any atom is 0.224 e. The first-order valence-corrected chi connectivity index (χ1v) is 13.4. The highest BCUT2D eigenvalue weighted by atomic mass is 79.9. The Morgan fingerprint density at radius 2 is 1.20 bits per heavy atom. The van der Waals surface area contributed by atoms with Gasteiger partial charge in [0.1, 0.15) is 13.2 Å². The average molecular weight is 618 g/mol. The van der Waals surface area contributed by atoms with Gasteiger partial charge in [-0.3, -0.25) is 9.59 Å². The third kappa shape index (κ3) is 10.5. The van der Waals surface area contributed by atoms with Crippen LogP contribution in [0.4, 0.5) is 0 Å². The minimum atomic E-state index is -0.479. The molecule has 0 bridgehead atoms. The van der Waals surface area contributed by atoms with Crippen molar-refractivity contribution in [1.29, 1.82) is 0 Å². The van der Waals surface area contributed by atoms with Crippen LogP contribution in [-0.4, -0.2) is 30.3 Å². The van der Waals surface area contributed by atoms with E-state index in [1.807, 2.05) is 105 Å². The number of ketones is 1. The lowest BCUT2D eigenvalue weighted by Gasteiger charge is -2.26. The summed E-state index contributed by atoms with van der Waals surface area (Å²) in [4.78, 5) is 25.5. The third-order valence-electron chi connectivity index (χ3n) is 6.40. The molecular formula is C34H37BrN2O4. The second-order valence-corrected chi connectivity index (χ2v) is 10.3. The maximum atomic E-state index is 13.1. The van der Waals surface area contributed by atoms with E-state index < -0.39 is 5.54 Å². The van der Waals surface area contributed by atoms with Crippen molar-refractivity contribution in [3.8, 4) is 11.5 Å². The molecule has 4 aromatic carbocycles. The molecule has 1 amide bonds. The number of hydrogen-bond acceptors (Lipinski definition) is 5. The Morgan fingerprint density at radius 3 is 1.76 bits per heavy atom. The van der Waals surface area contributed by atoms with Crippen LogP contribution in [0.25, 0.3) is 0 Å². The van der Waals surface area contributed by atoms with Crippen molar-refractivity contribution in [3.63, 3.8) is 0 Å². The van der Waals surface area contributed by atoms with Gasteiger partial charge in [-0.15, -0.1) is 17.0 Å². The number of rotatable bonds is 14. The monoisotopic (exact) mass is 616 g/mol. The molecular weight excluding hydrogens is 580 g/mol. The fourth-order valence-corrected chi connectivity index (χ4v) is 4.03. The summed E-state index contributed by atoms with van der Waals surface area (Å²) in [6, 6.07) is 34.7. The normalized spacial score (nSPS) is 10.8. The summed E-state index contributed by atoms with van der Waals surface area (Å²) in [6.07, 6.45) is 0.320. The molecule has 0 aliphatic carbocycles. The standard InChI is InChI=1S/C34H36N2O4.BrH/c1-34(2,25-35-33(38)20-26-12-6-3-7-13-26)36-22-30(37)29-18-19-31(39-23-27-14-8-4-9-15-27)32(21-29)40-24-28-16-10-5-11-17-28;/h3-19,21,36H,20,22-25H2,1-2H3,(H,35,38);1H. The first kappa shape index (κ1) is 31.6. The molecule has 2 N–H and O–H groups in total. The highest BCUT2D eigenvalue weighted by Gasteiger charge is 2.21. The number of hydrogen-bond donors (Lipinski definition) is 2. The van der Waals surface area contributed by atoms with Crippen LogP contribution in [0.3, 0.4) is 0 Å². The number of Topliss-reactive ketones (excluding diaryl/α,β-unsaturated/α-hetero) is 1. The Morgan fingerprint density at radius 1 is 0.683 bits per heavy atom. The molecule has 0 atom stereocenters. The Bertz CT molecular complexity index is 1380. The lowest BCUT2D eigenvalue weighted by molar-refractivity contribution is -0.120. The summed E-state index contributed by atoms with van der Waals surface area (Å²) in [5.74, 6) is 0.949. The second kappa shape index (κ2) is 15.7. The second-order valence-electron chi connectivity index (χ2n) is 10.3. The number of nitrogens with one attached hydrogen (secondary N) is 2. The van der Waals surface area contributed by atoms with Gasteiger partial charge in [-0.2, -0.15) is 0 Å². The van der Waals surface area contributed by atoms with Gasteiger partial charge in [-0.1, -0.05) is 91.0 Å². The Labute approximate surface area is 252 Å². The van der Waals surface area contributed by atoms with E-state index in [9.17, 15) is 9.59 Å². The van der Waals surface area contributed by atoms with Crippen molar-refractivity contribution in [2.75, 3.05) is 13.1 Å². The SMILES string of the molecule is Br.CC(C)(CNC(=O)Cc1ccccc1)NCC(=O)c1ccc(OCc2ccccc2)c(OCc2ccccc2)c1. The number of carbonyl (C=O) groups is 2. The van der Waals surface area contributed by atoms with Gasteiger partial charge in [-0.25, -0.2) is 0 Å². The fourth-order valence-electron chi connectivity index (χ4n) is 4.03. The van der Waals surface area contributed by atoms with E-state index in [1.54, 1.807) is 18.2 Å². The minimum absolute atomic E-state index is 0. The summed E-state index contributed by atoms with van der Waals surface area (Å²) in [6.45, 7) is 5.17. The number of benzene rings is 4. The number of ether oxygens (including phenoxy) is 2. The van der Waals surface area contributed by atoms with Crippen LogP contribution in [-0.2, 0) is 24.4 Å². The predicted molar refractivity (Wildman–Crippen MR) is 168 cm³/mol. The first-order valence-electron chi connectivity index (χ1n) is 13.4. The fraction of sp³-hybridized carbons (Fsp3) is 0.235. The smallest absolute Gasteiger partial charge is 0.224 e. The van der Waals surface area contributed by atoms with Gasteiger partial charge in [0.15, 0.2) is 17.3 Å². The Balaban J connectivity index is 0.00000462. The molecule has 6 nitrogen and oxygen atoms in total. The summed E-state index contributed by atoms with van der Waals surface area (Å²) < 4.78 is 12.2. The van der Waals surface area contributed by atoms with E-state index in [0.717, 1.165) is 16.7 Å². The zero-order valence-electron chi connectivity index (χ0n) is 23.5. The summed E-state index contributed by atoms with van der Waals surface area (Å²) >= 11 is 0. The van der Waals surface area contributed by atoms with Crippen molar-refractivity contribution < 1.29 is 19.1 Å². The maximum absolute atomic E-state index is 13.1. The Hall–Kier alpha value is -3.94. The van der Waals surface area contributed by atoms with E-state index in [2.05, 4.69) is 10.6 Å². The van der Waals surface area contributed by atoms with Crippen molar-refractivity contribution in [3.05, 3.63) is 131 Å². The summed E-state index contributed by atoms with van der Waals surface area (Å²) in [5, 5.41) is 6.24. The predicted octanol–water partition coefficient (Wildman–Crippen LogP) is 6.33. The number of carbonyl (C=O) groups excluding carboxylic acids is 2. The van der Waals surface area contributed by atoms with Gasteiger partial charge >= 0.3 is 0 Å². The zero-order valence-corrected chi connectivity index (χ0v) is 25.2. The van der Waals surface area contributed by atoms with Crippen molar-refractivity contribution >= 4 is 28.7 Å². The lowest BCUT2D eigenvalue weighted by atomic mass is 10.0. The molecule has 41 heavy (non-hydrogen) atoms. The van der Waals surface area contributed by atoms with Crippen LogP contribution >= 0.6 is 17.0 Å². The number of halogens is 1. The van der Waals surface area contributed by atoms with Crippen LogP contribution in [0.1, 0.15) is 40.9 Å². The van der Waals surface area contributed by atoms with Gasteiger partial charge in [-0.05, 0) is 48.7 Å². The molecule has 0 radical (unpaired) electrons. The summed E-state index contributed by atoms with van der Waals surface area (Å²) in [5.41, 5.74) is 3.06. The molecule has 0 heterocycles. The van der Waals surface area contributed by atoms with Crippen LogP contribution in [0.15, 0.2) is 109 Å². The molecule has 4 aromatic rings. The van der Waals surface area contributed by atoms with E-state index in [4.69, 9.17) is 9.47 Å². The van der Waals surface area contributed by atoms with Gasteiger partial charge < -0.3 is 20.1 Å². The highest BCUT2D eigenvalue weighted by Crippen LogP contribution is 2.30. The van der Waals surface area contributed by atoms with Gasteiger partial charge in [0.25, 0.3) is 0 Å². The van der Waals surface area contributed by atoms with Gasteiger partial charge in [0, 0.05) is 17.6 Å². The van der Waals surface area contributed by atoms with E-state index >= 15 is 0 Å². The molecule has 0 unspecified atom stereocenters. The van der Waals surface area contributed by atoms with Crippen LogP contribution in [0.2, 0.25) is 0 Å². The van der Waals surface area contributed by atoms with Crippen LogP contribution in [0, 0.1) is 0 Å². The molecule has 0 saturated heterocycles. The molecule has 7 heteroatoms. The quantitative estimate of drug-likeness (QED) is 0.162. The van der Waals surface area contributed by atoms with Crippen LogP contribution in [0.5, 0.6) is 11.5 Å². The van der Waals surface area contributed by atoms with E-state index in [1.165, 1.54) is 0 Å². The molecule has 0 aromatic heterocycles. The summed E-state index contributed by atoms with van der Waals surface area (Å²) in [7, 11) is 0. The molecule has 214 valence electrons. The number of amides is 1. The van der Waals surface area contributed by atoms with Crippen molar-refractivity contribution in [2.45, 2.75) is 39.0 Å². The van der Waals surface area contributed by atoms with Crippen LogP contribution < -0.4 is 20.1 Å². The molecule has 0 saturated carbocycles. The van der Waals surface area contributed by atoms with Crippen molar-refractivity contribution in [1.82, 2.24) is 10.6 Å². The van der Waals surface area contributed by atoms with E-state index in [-0.39, 0.29) is 35.2 Å². The molecule has 0 aliphatic rings. The van der Waals surface area contributed by atoms with E-state index in [0.29, 0.717) is 43.2 Å².